The summed E-state index contributed by atoms with van der Waals surface area (Å²) >= 11 is 0. The van der Waals surface area contributed by atoms with Gasteiger partial charge < -0.3 is 14.8 Å². The molecule has 1 atom stereocenters. The van der Waals surface area contributed by atoms with Crippen LogP contribution in [0.5, 0.6) is 0 Å². The minimum Gasteiger partial charge on any atom is -0.469 e. The summed E-state index contributed by atoms with van der Waals surface area (Å²) in [6.07, 6.45) is 1.08. The second-order valence-electron chi connectivity index (χ2n) is 4.19. The zero-order valence-electron chi connectivity index (χ0n) is 11.1. The predicted molar refractivity (Wildman–Crippen MR) is 66.1 cm³/mol. The van der Waals surface area contributed by atoms with E-state index in [9.17, 15) is 9.59 Å². The van der Waals surface area contributed by atoms with Gasteiger partial charge in [-0.15, -0.1) is 0 Å². The average molecular weight is 258 g/mol. The molecular formula is C12H22N2O4. The van der Waals surface area contributed by atoms with E-state index in [2.05, 4.69) is 15.0 Å². The van der Waals surface area contributed by atoms with Crippen molar-refractivity contribution in [2.24, 2.45) is 0 Å². The molecule has 1 aliphatic rings. The number of nitrogens with zero attached hydrogens (tertiary/aromatic N) is 1. The Balaban J connectivity index is 2.39. The maximum atomic E-state index is 11.8. The molecule has 1 heterocycles. The van der Waals surface area contributed by atoms with Crippen LogP contribution in [-0.2, 0) is 19.1 Å². The molecular weight excluding hydrogens is 236 g/mol. The number of hydrogen-bond acceptors (Lipinski definition) is 6. The number of ether oxygens (including phenoxy) is 2. The number of piperazine rings is 1. The number of hydrogen-bond donors (Lipinski definition) is 1. The molecule has 0 spiro atoms. The minimum atomic E-state index is -0.239. The Morgan fingerprint density at radius 1 is 1.44 bits per heavy atom. The van der Waals surface area contributed by atoms with Gasteiger partial charge in [0.1, 0.15) is 6.04 Å². The smallest absolute Gasteiger partial charge is 0.324 e. The quantitative estimate of drug-likeness (QED) is 0.664. The summed E-state index contributed by atoms with van der Waals surface area (Å²) in [5.74, 6) is -0.402. The van der Waals surface area contributed by atoms with Crippen LogP contribution in [0.4, 0.5) is 0 Å². The van der Waals surface area contributed by atoms with Crippen LogP contribution < -0.4 is 5.32 Å². The Morgan fingerprint density at radius 3 is 2.89 bits per heavy atom. The van der Waals surface area contributed by atoms with Crippen LogP contribution >= 0.6 is 0 Å². The van der Waals surface area contributed by atoms with Crippen molar-refractivity contribution < 1.29 is 19.1 Å². The Hall–Kier alpha value is -1.14. The first-order valence-corrected chi connectivity index (χ1v) is 6.37. The SMILES string of the molecule is CCOC(=O)C1CNCCN1CCCC(=O)OC. The molecule has 1 N–H and O–H groups in total. The lowest BCUT2D eigenvalue weighted by Gasteiger charge is -2.34. The van der Waals surface area contributed by atoms with Crippen molar-refractivity contribution in [1.29, 1.82) is 0 Å². The third kappa shape index (κ3) is 4.62. The molecule has 1 fully saturated rings. The van der Waals surface area contributed by atoms with Gasteiger partial charge in [0, 0.05) is 26.1 Å². The first kappa shape index (κ1) is 14.9. The maximum absolute atomic E-state index is 11.8. The van der Waals surface area contributed by atoms with Crippen molar-refractivity contribution in [1.82, 2.24) is 10.2 Å². The zero-order chi connectivity index (χ0) is 13.4. The van der Waals surface area contributed by atoms with E-state index in [1.807, 2.05) is 0 Å². The molecule has 0 aliphatic carbocycles. The molecule has 18 heavy (non-hydrogen) atoms. The third-order valence-electron chi connectivity index (χ3n) is 2.97. The fraction of sp³-hybridized carbons (Fsp3) is 0.833. The molecule has 0 saturated carbocycles. The van der Waals surface area contributed by atoms with E-state index in [1.54, 1.807) is 6.92 Å². The van der Waals surface area contributed by atoms with Crippen LogP contribution in [0.15, 0.2) is 0 Å². The molecule has 0 radical (unpaired) electrons. The number of esters is 2. The number of carbonyl (C=O) groups is 2. The summed E-state index contributed by atoms with van der Waals surface area (Å²) in [6.45, 7) is 5.16. The molecule has 0 amide bonds. The normalized spacial score (nSPS) is 20.4. The summed E-state index contributed by atoms with van der Waals surface area (Å²) in [7, 11) is 1.38. The average Bonchev–Trinajstić information content (AvgIpc) is 2.39. The first-order chi connectivity index (χ1) is 8.69. The summed E-state index contributed by atoms with van der Waals surface area (Å²) in [5, 5.41) is 3.18. The van der Waals surface area contributed by atoms with E-state index in [0.29, 0.717) is 32.5 Å². The van der Waals surface area contributed by atoms with Gasteiger partial charge in [0.25, 0.3) is 0 Å². The van der Waals surface area contributed by atoms with Gasteiger partial charge in [-0.1, -0.05) is 0 Å². The highest BCUT2D eigenvalue weighted by molar-refractivity contribution is 5.76. The molecule has 0 aromatic carbocycles. The first-order valence-electron chi connectivity index (χ1n) is 6.37. The van der Waals surface area contributed by atoms with Gasteiger partial charge in [-0.05, 0) is 19.9 Å². The Morgan fingerprint density at radius 2 is 2.22 bits per heavy atom. The number of carbonyl (C=O) groups excluding carboxylic acids is 2. The van der Waals surface area contributed by atoms with E-state index in [1.165, 1.54) is 7.11 Å². The van der Waals surface area contributed by atoms with E-state index in [0.717, 1.165) is 13.1 Å². The highest BCUT2D eigenvalue weighted by Gasteiger charge is 2.29. The standard InChI is InChI=1S/C12H22N2O4/c1-3-18-12(16)10-9-13-6-8-14(10)7-4-5-11(15)17-2/h10,13H,3-9H2,1-2H3. The number of nitrogens with one attached hydrogen (secondary N) is 1. The second-order valence-corrected chi connectivity index (χ2v) is 4.19. The summed E-state index contributed by atoms with van der Waals surface area (Å²) in [4.78, 5) is 24.9. The predicted octanol–water partition coefficient (Wildman–Crippen LogP) is -0.223. The van der Waals surface area contributed by atoms with Gasteiger partial charge in [-0.25, -0.2) is 0 Å². The van der Waals surface area contributed by atoms with Gasteiger partial charge in [0.05, 0.1) is 13.7 Å². The molecule has 104 valence electrons. The van der Waals surface area contributed by atoms with Crippen molar-refractivity contribution in [2.45, 2.75) is 25.8 Å². The molecule has 1 saturated heterocycles. The molecule has 0 aromatic rings. The summed E-state index contributed by atoms with van der Waals surface area (Å²) < 4.78 is 9.64. The lowest BCUT2D eigenvalue weighted by molar-refractivity contribution is -0.150. The van der Waals surface area contributed by atoms with Gasteiger partial charge in [0.15, 0.2) is 0 Å². The van der Waals surface area contributed by atoms with E-state index in [4.69, 9.17) is 4.74 Å². The number of rotatable bonds is 6. The van der Waals surface area contributed by atoms with Gasteiger partial charge >= 0.3 is 11.9 Å². The van der Waals surface area contributed by atoms with Crippen LogP contribution in [0.2, 0.25) is 0 Å². The Bertz CT molecular complexity index is 283. The highest BCUT2D eigenvalue weighted by Crippen LogP contribution is 2.07. The van der Waals surface area contributed by atoms with E-state index < -0.39 is 0 Å². The highest BCUT2D eigenvalue weighted by atomic mass is 16.5. The van der Waals surface area contributed by atoms with Crippen LogP contribution in [0, 0.1) is 0 Å². The maximum Gasteiger partial charge on any atom is 0.324 e. The lowest BCUT2D eigenvalue weighted by Crippen LogP contribution is -2.55. The lowest BCUT2D eigenvalue weighted by atomic mass is 10.1. The largest absolute Gasteiger partial charge is 0.469 e. The second kappa shape index (κ2) is 8.05. The molecule has 1 aliphatic heterocycles. The van der Waals surface area contributed by atoms with Crippen LogP contribution in [-0.4, -0.2) is 62.8 Å². The van der Waals surface area contributed by atoms with E-state index >= 15 is 0 Å². The van der Waals surface area contributed by atoms with Crippen molar-refractivity contribution >= 4 is 11.9 Å². The zero-order valence-corrected chi connectivity index (χ0v) is 11.1. The van der Waals surface area contributed by atoms with Crippen LogP contribution in [0.1, 0.15) is 19.8 Å². The minimum absolute atomic E-state index is 0.192. The van der Waals surface area contributed by atoms with Gasteiger partial charge in [0.2, 0.25) is 0 Å². The van der Waals surface area contributed by atoms with Gasteiger partial charge in [-0.3, -0.25) is 14.5 Å². The summed E-state index contributed by atoms with van der Waals surface area (Å²) in [5.41, 5.74) is 0. The molecule has 0 bridgehead atoms. The van der Waals surface area contributed by atoms with Crippen molar-refractivity contribution in [2.75, 3.05) is 39.9 Å². The van der Waals surface area contributed by atoms with Crippen molar-refractivity contribution in [3.05, 3.63) is 0 Å². The number of methoxy groups -OCH3 is 1. The molecule has 1 rings (SSSR count). The Labute approximate surface area is 108 Å². The van der Waals surface area contributed by atoms with Crippen LogP contribution in [0.3, 0.4) is 0 Å². The monoisotopic (exact) mass is 258 g/mol. The van der Waals surface area contributed by atoms with Gasteiger partial charge in [-0.2, -0.15) is 0 Å². The van der Waals surface area contributed by atoms with Crippen molar-refractivity contribution in [3.63, 3.8) is 0 Å². The Kier molecular flexibility index (Phi) is 6.67. The fourth-order valence-electron chi connectivity index (χ4n) is 2.01. The molecule has 6 heteroatoms. The van der Waals surface area contributed by atoms with E-state index in [-0.39, 0.29) is 18.0 Å². The molecule has 6 nitrogen and oxygen atoms in total. The molecule has 1 unspecified atom stereocenters. The fourth-order valence-corrected chi connectivity index (χ4v) is 2.01. The van der Waals surface area contributed by atoms with Crippen LogP contribution in [0.25, 0.3) is 0 Å². The molecule has 0 aromatic heterocycles. The topological polar surface area (TPSA) is 67.9 Å². The third-order valence-corrected chi connectivity index (χ3v) is 2.97. The van der Waals surface area contributed by atoms with Crippen molar-refractivity contribution in [3.8, 4) is 0 Å². The summed E-state index contributed by atoms with van der Waals surface area (Å²) in [6, 6.07) is -0.239.